The molecule has 0 saturated heterocycles. The van der Waals surface area contributed by atoms with Crippen molar-refractivity contribution in [3.63, 3.8) is 0 Å². The van der Waals surface area contributed by atoms with Crippen molar-refractivity contribution in [1.82, 2.24) is 0 Å². The Hall–Kier alpha value is -0.730. The first-order valence-corrected chi connectivity index (χ1v) is 3.42. The average Bonchev–Trinajstić information content (AvgIpc) is 2.05. The molecule has 0 saturated carbocycles. The summed E-state index contributed by atoms with van der Waals surface area (Å²) in [6.07, 6.45) is 1.05. The summed E-state index contributed by atoms with van der Waals surface area (Å²) in [6, 6.07) is 8.06. The van der Waals surface area contributed by atoms with Crippen molar-refractivity contribution in [1.29, 1.82) is 0 Å². The van der Waals surface area contributed by atoms with E-state index in [4.69, 9.17) is 5.84 Å². The van der Waals surface area contributed by atoms with Crippen LogP contribution in [0.25, 0.3) is 0 Å². The maximum absolute atomic E-state index is 5.22. The number of hydrogen-bond acceptors (Lipinski definition) is 2. The number of nitrogen functional groups attached to an aromatic ring is 1. The van der Waals surface area contributed by atoms with Gasteiger partial charge in [-0.15, -0.1) is 12.4 Å². The standard InChI is InChI=1S/C8H12N2.ClH/c1-2-7-4-3-5-8(6-7)10-9;/h3-6,10H,2,9H2,1H3;1H. The fourth-order valence-corrected chi connectivity index (χ4v) is 0.881. The molecule has 3 N–H and O–H groups in total. The van der Waals surface area contributed by atoms with Crippen LogP contribution in [-0.2, 0) is 6.42 Å². The molecule has 0 aliphatic heterocycles. The molecule has 0 amide bonds. The number of hydrogen-bond donors (Lipinski definition) is 2. The number of anilines is 1. The summed E-state index contributed by atoms with van der Waals surface area (Å²) in [4.78, 5) is 0. The minimum absolute atomic E-state index is 0. The highest BCUT2D eigenvalue weighted by atomic mass is 35.5. The van der Waals surface area contributed by atoms with Crippen molar-refractivity contribution < 1.29 is 0 Å². The predicted molar refractivity (Wildman–Crippen MR) is 50.9 cm³/mol. The number of benzene rings is 1. The molecule has 0 fully saturated rings. The Balaban J connectivity index is 0.000001000. The molecule has 3 heteroatoms. The third kappa shape index (κ3) is 2.78. The molecule has 0 aliphatic carbocycles. The summed E-state index contributed by atoms with van der Waals surface area (Å²) in [7, 11) is 0. The maximum atomic E-state index is 5.22. The van der Waals surface area contributed by atoms with Crippen LogP contribution in [0.4, 0.5) is 5.69 Å². The zero-order valence-corrected chi connectivity index (χ0v) is 7.32. The van der Waals surface area contributed by atoms with Crippen LogP contribution in [0.5, 0.6) is 0 Å². The van der Waals surface area contributed by atoms with Gasteiger partial charge in [-0.05, 0) is 24.1 Å². The van der Waals surface area contributed by atoms with E-state index in [0.717, 1.165) is 12.1 Å². The molecule has 1 aromatic rings. The minimum atomic E-state index is 0. The second kappa shape index (κ2) is 4.99. The summed E-state index contributed by atoms with van der Waals surface area (Å²) < 4.78 is 0. The summed E-state index contributed by atoms with van der Waals surface area (Å²) >= 11 is 0. The monoisotopic (exact) mass is 172 g/mol. The van der Waals surface area contributed by atoms with Gasteiger partial charge in [0.25, 0.3) is 0 Å². The van der Waals surface area contributed by atoms with E-state index < -0.39 is 0 Å². The Morgan fingerprint density at radius 1 is 1.45 bits per heavy atom. The summed E-state index contributed by atoms with van der Waals surface area (Å²) in [5, 5.41) is 0. The molecular weight excluding hydrogens is 160 g/mol. The molecule has 0 aromatic heterocycles. The largest absolute Gasteiger partial charge is 0.324 e. The van der Waals surface area contributed by atoms with Gasteiger partial charge in [-0.25, -0.2) is 0 Å². The number of hydrazine groups is 1. The number of nitrogens with two attached hydrogens (primary N) is 1. The van der Waals surface area contributed by atoms with Gasteiger partial charge < -0.3 is 5.43 Å². The third-order valence-electron chi connectivity index (χ3n) is 1.50. The van der Waals surface area contributed by atoms with Crippen molar-refractivity contribution >= 4 is 18.1 Å². The lowest BCUT2D eigenvalue weighted by molar-refractivity contribution is 1.14. The molecule has 1 aromatic carbocycles. The highest BCUT2D eigenvalue weighted by Gasteiger charge is 1.89. The lowest BCUT2D eigenvalue weighted by atomic mass is 10.1. The van der Waals surface area contributed by atoms with Gasteiger partial charge in [-0.1, -0.05) is 19.1 Å². The summed E-state index contributed by atoms with van der Waals surface area (Å²) in [5.41, 5.74) is 4.87. The number of aryl methyl sites for hydroxylation is 1. The molecule has 62 valence electrons. The molecule has 0 aliphatic rings. The molecule has 0 bridgehead atoms. The van der Waals surface area contributed by atoms with E-state index in [0.29, 0.717) is 0 Å². The first-order chi connectivity index (χ1) is 4.86. The first kappa shape index (κ1) is 10.3. The molecule has 1 rings (SSSR count). The van der Waals surface area contributed by atoms with Gasteiger partial charge in [0.2, 0.25) is 0 Å². The molecule has 0 unspecified atom stereocenters. The predicted octanol–water partition coefficient (Wildman–Crippen LogP) is 1.96. The number of nitrogens with one attached hydrogen (secondary N) is 1. The molecular formula is C8H13ClN2. The van der Waals surface area contributed by atoms with Crippen LogP contribution in [0.15, 0.2) is 24.3 Å². The van der Waals surface area contributed by atoms with E-state index in [1.807, 2.05) is 18.2 Å². The van der Waals surface area contributed by atoms with Crippen LogP contribution in [0.3, 0.4) is 0 Å². The van der Waals surface area contributed by atoms with E-state index in [9.17, 15) is 0 Å². The van der Waals surface area contributed by atoms with Gasteiger partial charge in [-0.3, -0.25) is 5.84 Å². The van der Waals surface area contributed by atoms with Gasteiger partial charge in [0.1, 0.15) is 0 Å². The van der Waals surface area contributed by atoms with Gasteiger partial charge in [0.05, 0.1) is 0 Å². The van der Waals surface area contributed by atoms with E-state index in [1.165, 1.54) is 5.56 Å². The van der Waals surface area contributed by atoms with Gasteiger partial charge in [0, 0.05) is 5.69 Å². The Bertz CT molecular complexity index is 194. The normalized spacial score (nSPS) is 8.55. The van der Waals surface area contributed by atoms with Crippen molar-refractivity contribution in [2.24, 2.45) is 5.84 Å². The SMILES string of the molecule is CCc1cccc(NN)c1.Cl. The van der Waals surface area contributed by atoms with E-state index in [1.54, 1.807) is 0 Å². The van der Waals surface area contributed by atoms with Gasteiger partial charge in [0.15, 0.2) is 0 Å². The topological polar surface area (TPSA) is 38.0 Å². The third-order valence-corrected chi connectivity index (χ3v) is 1.50. The molecule has 11 heavy (non-hydrogen) atoms. The van der Waals surface area contributed by atoms with Crippen molar-refractivity contribution in [2.45, 2.75) is 13.3 Å². The lowest BCUT2D eigenvalue weighted by Crippen LogP contribution is -2.06. The zero-order valence-electron chi connectivity index (χ0n) is 6.50. The fourth-order valence-electron chi connectivity index (χ4n) is 0.881. The molecule has 0 spiro atoms. The molecule has 2 nitrogen and oxygen atoms in total. The average molecular weight is 173 g/mol. The highest BCUT2D eigenvalue weighted by Crippen LogP contribution is 2.08. The maximum Gasteiger partial charge on any atom is 0.0487 e. The molecule has 0 heterocycles. The van der Waals surface area contributed by atoms with E-state index >= 15 is 0 Å². The van der Waals surface area contributed by atoms with Crippen LogP contribution in [0.1, 0.15) is 12.5 Å². The quantitative estimate of drug-likeness (QED) is 0.529. The van der Waals surface area contributed by atoms with Gasteiger partial charge in [-0.2, -0.15) is 0 Å². The van der Waals surface area contributed by atoms with Crippen molar-refractivity contribution in [2.75, 3.05) is 5.43 Å². The summed E-state index contributed by atoms with van der Waals surface area (Å²) in [6.45, 7) is 2.12. The van der Waals surface area contributed by atoms with Crippen LogP contribution in [-0.4, -0.2) is 0 Å². The smallest absolute Gasteiger partial charge is 0.0487 e. The number of rotatable bonds is 2. The zero-order chi connectivity index (χ0) is 7.40. The molecule has 0 atom stereocenters. The number of halogens is 1. The highest BCUT2D eigenvalue weighted by molar-refractivity contribution is 5.85. The Labute approximate surface area is 73.2 Å². The van der Waals surface area contributed by atoms with Gasteiger partial charge >= 0.3 is 0 Å². The van der Waals surface area contributed by atoms with Crippen molar-refractivity contribution in [3.8, 4) is 0 Å². The second-order valence-electron chi connectivity index (χ2n) is 2.20. The minimum Gasteiger partial charge on any atom is -0.324 e. The van der Waals surface area contributed by atoms with Crippen LogP contribution < -0.4 is 11.3 Å². The Kier molecular flexibility index (Phi) is 4.66. The van der Waals surface area contributed by atoms with Crippen LogP contribution in [0, 0.1) is 0 Å². The Morgan fingerprint density at radius 2 is 2.18 bits per heavy atom. The second-order valence-corrected chi connectivity index (χ2v) is 2.20. The van der Waals surface area contributed by atoms with Crippen LogP contribution >= 0.6 is 12.4 Å². The lowest BCUT2D eigenvalue weighted by Gasteiger charge is -2.00. The first-order valence-electron chi connectivity index (χ1n) is 3.42. The summed E-state index contributed by atoms with van der Waals surface area (Å²) in [5.74, 6) is 5.22. The van der Waals surface area contributed by atoms with Crippen LogP contribution in [0.2, 0.25) is 0 Å². The van der Waals surface area contributed by atoms with E-state index in [2.05, 4.69) is 18.4 Å². The molecule has 0 radical (unpaired) electrons. The Morgan fingerprint density at radius 3 is 2.73 bits per heavy atom. The fraction of sp³-hybridized carbons (Fsp3) is 0.250. The van der Waals surface area contributed by atoms with E-state index in [-0.39, 0.29) is 12.4 Å². The van der Waals surface area contributed by atoms with Crippen molar-refractivity contribution in [3.05, 3.63) is 29.8 Å².